The van der Waals surface area contributed by atoms with Crippen LogP contribution in [0.1, 0.15) is 12.8 Å². The highest BCUT2D eigenvalue weighted by molar-refractivity contribution is 5.85. The van der Waals surface area contributed by atoms with Crippen molar-refractivity contribution in [3.63, 3.8) is 0 Å². The molecule has 1 amide bonds. The number of alkyl halides is 3. The molecule has 134 valence electrons. The molecule has 1 atom stereocenters. The average molecular weight is 370 g/mol. The van der Waals surface area contributed by atoms with E-state index < -0.39 is 12.7 Å². The Kier molecular flexibility index (Phi) is 12.3. The van der Waals surface area contributed by atoms with Crippen LogP contribution in [0.15, 0.2) is 0 Å². The number of halogens is 5. The van der Waals surface area contributed by atoms with Gasteiger partial charge >= 0.3 is 6.18 Å². The highest BCUT2D eigenvalue weighted by atomic mass is 35.5. The number of ether oxygens (including phenoxy) is 1. The van der Waals surface area contributed by atoms with Gasteiger partial charge in [0.25, 0.3) is 0 Å². The van der Waals surface area contributed by atoms with Crippen molar-refractivity contribution in [2.45, 2.75) is 25.1 Å². The minimum absolute atomic E-state index is 0. The molecule has 1 fully saturated rings. The van der Waals surface area contributed by atoms with Crippen LogP contribution in [0.2, 0.25) is 0 Å². The molecule has 5 nitrogen and oxygen atoms in total. The number of nitrogens with zero attached hydrogens (tertiary/aromatic N) is 2. The standard InChI is InChI=1S/C12H22F3N3O2.2ClH/c1-20-10(8-16)7-11(19)18-4-2-3-17(5-6-18)9-12(13,14)15;;/h10H,2-9,16H2,1H3;2*1H. The summed E-state index contributed by atoms with van der Waals surface area (Å²) in [5.41, 5.74) is 5.45. The van der Waals surface area contributed by atoms with E-state index in [0.29, 0.717) is 26.1 Å². The summed E-state index contributed by atoms with van der Waals surface area (Å²) in [4.78, 5) is 15.0. The molecule has 0 saturated carbocycles. The summed E-state index contributed by atoms with van der Waals surface area (Å²) in [6.45, 7) is 0.721. The lowest BCUT2D eigenvalue weighted by Gasteiger charge is -2.24. The summed E-state index contributed by atoms with van der Waals surface area (Å²) in [5, 5.41) is 0. The highest BCUT2D eigenvalue weighted by Gasteiger charge is 2.32. The first-order valence-electron chi connectivity index (χ1n) is 6.65. The largest absolute Gasteiger partial charge is 0.401 e. The van der Waals surface area contributed by atoms with Gasteiger partial charge in [-0.25, -0.2) is 0 Å². The van der Waals surface area contributed by atoms with Gasteiger partial charge in [0.2, 0.25) is 5.91 Å². The molecule has 1 saturated heterocycles. The van der Waals surface area contributed by atoms with Gasteiger partial charge in [-0.3, -0.25) is 9.69 Å². The number of methoxy groups -OCH3 is 1. The number of nitrogens with two attached hydrogens (primary N) is 1. The number of carbonyl (C=O) groups is 1. The number of hydrogen-bond donors (Lipinski definition) is 1. The average Bonchev–Trinajstić information content (AvgIpc) is 2.59. The van der Waals surface area contributed by atoms with Gasteiger partial charge in [0, 0.05) is 39.8 Å². The molecule has 0 bridgehead atoms. The predicted octanol–water partition coefficient (Wildman–Crippen LogP) is 1.29. The van der Waals surface area contributed by atoms with Crippen LogP contribution >= 0.6 is 24.8 Å². The first-order valence-corrected chi connectivity index (χ1v) is 6.65. The maximum absolute atomic E-state index is 12.3. The van der Waals surface area contributed by atoms with Crippen molar-refractivity contribution in [2.75, 3.05) is 46.4 Å². The molecule has 1 aliphatic rings. The van der Waals surface area contributed by atoms with Crippen molar-refractivity contribution < 1.29 is 22.7 Å². The van der Waals surface area contributed by atoms with Crippen LogP contribution in [-0.2, 0) is 9.53 Å². The summed E-state index contributed by atoms with van der Waals surface area (Å²) >= 11 is 0. The van der Waals surface area contributed by atoms with E-state index in [1.807, 2.05) is 0 Å². The molecule has 1 heterocycles. The fraction of sp³-hybridized carbons (Fsp3) is 0.917. The smallest absolute Gasteiger partial charge is 0.380 e. The molecule has 0 aromatic carbocycles. The van der Waals surface area contributed by atoms with E-state index >= 15 is 0 Å². The SMILES string of the molecule is COC(CN)CC(=O)N1CCCN(CC(F)(F)F)CC1.Cl.Cl. The highest BCUT2D eigenvalue weighted by Crippen LogP contribution is 2.17. The quantitative estimate of drug-likeness (QED) is 0.793. The molecule has 0 aliphatic carbocycles. The molecule has 1 aliphatic heterocycles. The second-order valence-electron chi connectivity index (χ2n) is 4.92. The predicted molar refractivity (Wildman–Crippen MR) is 82.7 cm³/mol. The van der Waals surface area contributed by atoms with Crippen molar-refractivity contribution in [2.24, 2.45) is 5.73 Å². The number of carbonyl (C=O) groups excluding carboxylic acids is 1. The van der Waals surface area contributed by atoms with Gasteiger partial charge in [0.15, 0.2) is 0 Å². The van der Waals surface area contributed by atoms with Gasteiger partial charge in [-0.05, 0) is 6.42 Å². The van der Waals surface area contributed by atoms with Crippen LogP contribution in [0.5, 0.6) is 0 Å². The van der Waals surface area contributed by atoms with Crippen LogP contribution < -0.4 is 5.73 Å². The van der Waals surface area contributed by atoms with E-state index in [2.05, 4.69) is 0 Å². The second kappa shape index (κ2) is 11.3. The van der Waals surface area contributed by atoms with E-state index in [4.69, 9.17) is 10.5 Å². The van der Waals surface area contributed by atoms with Gasteiger partial charge in [-0.1, -0.05) is 0 Å². The van der Waals surface area contributed by atoms with Crippen LogP contribution in [0, 0.1) is 0 Å². The molecule has 0 radical (unpaired) electrons. The fourth-order valence-electron chi connectivity index (χ4n) is 2.22. The summed E-state index contributed by atoms with van der Waals surface area (Å²) in [6.07, 6.45) is -3.81. The number of rotatable bonds is 5. The Bertz CT molecular complexity index is 318. The summed E-state index contributed by atoms with van der Waals surface area (Å²) in [6, 6.07) is 0. The van der Waals surface area contributed by atoms with Crippen LogP contribution in [-0.4, -0.2) is 74.4 Å². The first kappa shape index (κ1) is 24.0. The van der Waals surface area contributed by atoms with Crippen LogP contribution in [0.25, 0.3) is 0 Å². The molecular formula is C12H24Cl2F3N3O2. The Balaban J connectivity index is 0. The molecule has 22 heavy (non-hydrogen) atoms. The normalized spacial score (nSPS) is 18.0. The lowest BCUT2D eigenvalue weighted by Crippen LogP contribution is -2.40. The van der Waals surface area contributed by atoms with Crippen molar-refractivity contribution in [3.05, 3.63) is 0 Å². The molecule has 1 unspecified atom stereocenters. The molecule has 1 rings (SSSR count). The van der Waals surface area contributed by atoms with Crippen LogP contribution in [0.4, 0.5) is 13.2 Å². The van der Waals surface area contributed by atoms with Gasteiger partial charge in [-0.2, -0.15) is 13.2 Å². The Hall–Kier alpha value is -0.280. The Labute approximate surface area is 141 Å². The number of amides is 1. The zero-order valence-electron chi connectivity index (χ0n) is 12.5. The van der Waals surface area contributed by atoms with Crippen LogP contribution in [0.3, 0.4) is 0 Å². The molecule has 10 heteroatoms. The summed E-state index contributed by atoms with van der Waals surface area (Å²) in [5.74, 6) is -0.115. The lowest BCUT2D eigenvalue weighted by molar-refractivity contribution is -0.145. The Morgan fingerprint density at radius 3 is 2.36 bits per heavy atom. The van der Waals surface area contributed by atoms with E-state index in [1.54, 1.807) is 4.90 Å². The molecule has 0 spiro atoms. The molecule has 0 aromatic heterocycles. The van der Waals surface area contributed by atoms with Gasteiger partial charge in [-0.15, -0.1) is 24.8 Å². The maximum atomic E-state index is 12.3. The Morgan fingerprint density at radius 1 is 1.23 bits per heavy atom. The van der Waals surface area contributed by atoms with Crippen molar-refractivity contribution in [1.82, 2.24) is 9.80 Å². The van der Waals surface area contributed by atoms with E-state index in [9.17, 15) is 18.0 Å². The third-order valence-corrected chi connectivity index (χ3v) is 3.34. The van der Waals surface area contributed by atoms with Gasteiger partial charge in [0.05, 0.1) is 19.1 Å². The van der Waals surface area contributed by atoms with E-state index in [1.165, 1.54) is 12.0 Å². The second-order valence-corrected chi connectivity index (χ2v) is 4.92. The van der Waals surface area contributed by atoms with E-state index in [-0.39, 0.29) is 56.3 Å². The van der Waals surface area contributed by atoms with Crippen molar-refractivity contribution in [3.8, 4) is 0 Å². The first-order chi connectivity index (χ1) is 9.35. The zero-order chi connectivity index (χ0) is 15.2. The topological polar surface area (TPSA) is 58.8 Å². The zero-order valence-corrected chi connectivity index (χ0v) is 14.1. The van der Waals surface area contributed by atoms with Crippen molar-refractivity contribution in [1.29, 1.82) is 0 Å². The third-order valence-electron chi connectivity index (χ3n) is 3.34. The summed E-state index contributed by atoms with van der Waals surface area (Å²) in [7, 11) is 1.48. The molecular weight excluding hydrogens is 346 g/mol. The number of hydrogen-bond acceptors (Lipinski definition) is 4. The Morgan fingerprint density at radius 2 is 1.86 bits per heavy atom. The monoisotopic (exact) mass is 369 g/mol. The minimum Gasteiger partial charge on any atom is -0.380 e. The minimum atomic E-state index is -4.19. The van der Waals surface area contributed by atoms with Gasteiger partial charge in [0.1, 0.15) is 0 Å². The lowest BCUT2D eigenvalue weighted by atomic mass is 10.2. The molecule has 0 aromatic rings. The van der Waals surface area contributed by atoms with E-state index in [0.717, 1.165) is 0 Å². The van der Waals surface area contributed by atoms with Crippen molar-refractivity contribution >= 4 is 30.7 Å². The summed E-state index contributed by atoms with van der Waals surface area (Å²) < 4.78 is 42.1. The molecule has 2 N–H and O–H groups in total. The maximum Gasteiger partial charge on any atom is 0.401 e. The third kappa shape index (κ3) is 8.99. The fourth-order valence-corrected chi connectivity index (χ4v) is 2.22. The van der Waals surface area contributed by atoms with Gasteiger partial charge < -0.3 is 15.4 Å².